The number of hydrogen-bond acceptors (Lipinski definition) is 3. The quantitative estimate of drug-likeness (QED) is 0.761. The number of carbonyl (C=O) groups is 1. The molecule has 0 N–H and O–H groups in total. The molecule has 1 heterocycles. The molecule has 7 heteroatoms. The van der Waals surface area contributed by atoms with Crippen molar-refractivity contribution in [3.05, 3.63) is 29.7 Å². The molecule has 0 aliphatic heterocycles. The Kier molecular flexibility index (Phi) is 2.74. The summed E-state index contributed by atoms with van der Waals surface area (Å²) in [6.45, 7) is -2.92. The van der Waals surface area contributed by atoms with Crippen LogP contribution in [-0.2, 0) is 4.74 Å². The van der Waals surface area contributed by atoms with E-state index in [1.54, 1.807) is 0 Å². The van der Waals surface area contributed by atoms with Gasteiger partial charge in [-0.25, -0.2) is 13.9 Å². The average Bonchev–Trinajstić information content (AvgIpc) is 2.66. The summed E-state index contributed by atoms with van der Waals surface area (Å²) in [6, 6.07) is 3.12. The summed E-state index contributed by atoms with van der Waals surface area (Å²) in [4.78, 5) is 11.3. The monoisotopic (exact) mass is 244 g/mol. The van der Waals surface area contributed by atoms with Crippen LogP contribution in [0, 0.1) is 5.82 Å². The molecule has 0 aliphatic rings. The molecule has 0 saturated heterocycles. The number of nitrogens with zero attached hydrogens (tertiary/aromatic N) is 2. The zero-order valence-corrected chi connectivity index (χ0v) is 8.65. The summed E-state index contributed by atoms with van der Waals surface area (Å²) in [6.07, 6.45) is 0. The van der Waals surface area contributed by atoms with Crippen LogP contribution in [0.1, 0.15) is 17.0 Å². The van der Waals surface area contributed by atoms with E-state index in [1.807, 2.05) is 0 Å². The van der Waals surface area contributed by atoms with E-state index in [9.17, 15) is 18.0 Å². The lowest BCUT2D eigenvalue weighted by molar-refractivity contribution is 0.0545. The first-order chi connectivity index (χ1) is 8.04. The smallest absolute Gasteiger partial charge is 0.359 e. The molecule has 0 unspecified atom stereocenters. The summed E-state index contributed by atoms with van der Waals surface area (Å²) in [5.74, 6) is -1.53. The standard InChI is InChI=1S/C10H7F3N2O2/c1-17-9(16)8-6-4-5(11)2-3-7(6)15(14-8)10(12)13/h2-4,10H,1H3. The van der Waals surface area contributed by atoms with Gasteiger partial charge in [-0.3, -0.25) is 0 Å². The van der Waals surface area contributed by atoms with Crippen LogP contribution in [0.2, 0.25) is 0 Å². The largest absolute Gasteiger partial charge is 0.464 e. The van der Waals surface area contributed by atoms with Gasteiger partial charge in [-0.05, 0) is 18.2 Å². The van der Waals surface area contributed by atoms with Crippen molar-refractivity contribution in [3.63, 3.8) is 0 Å². The summed E-state index contributed by atoms with van der Waals surface area (Å²) >= 11 is 0. The van der Waals surface area contributed by atoms with Crippen molar-refractivity contribution in [1.29, 1.82) is 0 Å². The topological polar surface area (TPSA) is 44.1 Å². The van der Waals surface area contributed by atoms with Crippen LogP contribution in [0.15, 0.2) is 18.2 Å². The Bertz CT molecular complexity index is 580. The van der Waals surface area contributed by atoms with E-state index in [0.29, 0.717) is 4.68 Å². The van der Waals surface area contributed by atoms with Crippen molar-refractivity contribution >= 4 is 16.9 Å². The molecule has 0 saturated carbocycles. The van der Waals surface area contributed by atoms with Crippen molar-refractivity contribution in [1.82, 2.24) is 9.78 Å². The molecular formula is C10H7F3N2O2. The minimum Gasteiger partial charge on any atom is -0.464 e. The third-order valence-electron chi connectivity index (χ3n) is 2.23. The molecule has 17 heavy (non-hydrogen) atoms. The number of benzene rings is 1. The third-order valence-corrected chi connectivity index (χ3v) is 2.23. The fourth-order valence-corrected chi connectivity index (χ4v) is 1.51. The molecule has 0 bridgehead atoms. The number of alkyl halides is 2. The van der Waals surface area contributed by atoms with E-state index < -0.39 is 18.3 Å². The molecule has 0 atom stereocenters. The summed E-state index contributed by atoms with van der Waals surface area (Å²) in [5.41, 5.74) is -0.357. The second-order valence-electron chi connectivity index (χ2n) is 3.22. The van der Waals surface area contributed by atoms with Crippen LogP contribution in [-0.4, -0.2) is 22.9 Å². The normalized spacial score (nSPS) is 11.1. The fraction of sp³-hybridized carbons (Fsp3) is 0.200. The second kappa shape index (κ2) is 4.08. The Morgan fingerprint density at radius 3 is 2.76 bits per heavy atom. The van der Waals surface area contributed by atoms with Gasteiger partial charge in [-0.1, -0.05) is 0 Å². The number of aromatic nitrogens is 2. The lowest BCUT2D eigenvalue weighted by Crippen LogP contribution is -2.05. The van der Waals surface area contributed by atoms with Crippen molar-refractivity contribution in [3.8, 4) is 0 Å². The number of hydrogen-bond donors (Lipinski definition) is 0. The Morgan fingerprint density at radius 2 is 2.18 bits per heavy atom. The van der Waals surface area contributed by atoms with E-state index >= 15 is 0 Å². The van der Waals surface area contributed by atoms with E-state index in [-0.39, 0.29) is 16.6 Å². The highest BCUT2D eigenvalue weighted by atomic mass is 19.3. The van der Waals surface area contributed by atoms with Crippen molar-refractivity contribution in [2.75, 3.05) is 7.11 Å². The summed E-state index contributed by atoms with van der Waals surface area (Å²) in [7, 11) is 1.09. The van der Waals surface area contributed by atoms with Crippen LogP contribution in [0.5, 0.6) is 0 Å². The zero-order chi connectivity index (χ0) is 12.6. The highest BCUT2D eigenvalue weighted by molar-refractivity contribution is 6.02. The first-order valence-corrected chi connectivity index (χ1v) is 4.59. The third kappa shape index (κ3) is 1.83. The zero-order valence-electron chi connectivity index (χ0n) is 8.65. The summed E-state index contributed by atoms with van der Waals surface area (Å²) < 4.78 is 43.0. The number of methoxy groups -OCH3 is 1. The Morgan fingerprint density at radius 1 is 1.47 bits per heavy atom. The molecule has 90 valence electrons. The number of halogens is 3. The minimum atomic E-state index is -2.92. The van der Waals surface area contributed by atoms with Gasteiger partial charge in [-0.2, -0.15) is 13.9 Å². The lowest BCUT2D eigenvalue weighted by Gasteiger charge is -1.99. The fourth-order valence-electron chi connectivity index (χ4n) is 1.51. The molecule has 0 spiro atoms. The van der Waals surface area contributed by atoms with Crippen LogP contribution in [0.25, 0.3) is 10.9 Å². The van der Waals surface area contributed by atoms with Gasteiger partial charge >= 0.3 is 12.5 Å². The predicted octanol–water partition coefficient (Wildman–Crippen LogP) is 2.36. The molecular weight excluding hydrogens is 237 g/mol. The van der Waals surface area contributed by atoms with E-state index in [0.717, 1.165) is 25.3 Å². The van der Waals surface area contributed by atoms with E-state index in [4.69, 9.17) is 0 Å². The maximum atomic E-state index is 13.0. The molecule has 0 fully saturated rings. The van der Waals surface area contributed by atoms with E-state index in [1.165, 1.54) is 0 Å². The van der Waals surface area contributed by atoms with E-state index in [2.05, 4.69) is 9.84 Å². The maximum Gasteiger partial charge on any atom is 0.359 e. The number of ether oxygens (including phenoxy) is 1. The average molecular weight is 244 g/mol. The highest BCUT2D eigenvalue weighted by Gasteiger charge is 2.21. The van der Waals surface area contributed by atoms with Crippen LogP contribution < -0.4 is 0 Å². The highest BCUT2D eigenvalue weighted by Crippen LogP contribution is 2.24. The predicted molar refractivity (Wildman–Crippen MR) is 52.3 cm³/mol. The van der Waals surface area contributed by atoms with Crippen molar-refractivity contribution in [2.24, 2.45) is 0 Å². The Hall–Kier alpha value is -2.05. The van der Waals surface area contributed by atoms with Gasteiger partial charge in [0.1, 0.15) is 5.82 Å². The molecule has 1 aromatic heterocycles. The van der Waals surface area contributed by atoms with Gasteiger partial charge < -0.3 is 4.74 Å². The summed E-state index contributed by atoms with van der Waals surface area (Å²) in [5, 5.41) is 3.42. The van der Waals surface area contributed by atoms with Crippen LogP contribution in [0.4, 0.5) is 13.2 Å². The molecule has 0 radical (unpaired) electrons. The maximum absolute atomic E-state index is 13.0. The first kappa shape index (κ1) is 11.4. The molecule has 4 nitrogen and oxygen atoms in total. The molecule has 2 aromatic rings. The Labute approximate surface area is 93.6 Å². The van der Waals surface area contributed by atoms with Gasteiger partial charge in [0, 0.05) is 5.39 Å². The minimum absolute atomic E-state index is 0.00264. The number of esters is 1. The van der Waals surface area contributed by atoms with Crippen LogP contribution >= 0.6 is 0 Å². The van der Waals surface area contributed by atoms with Gasteiger partial charge in [0.05, 0.1) is 12.6 Å². The SMILES string of the molecule is COC(=O)c1nn(C(F)F)c2ccc(F)cc12. The molecule has 1 aromatic carbocycles. The first-order valence-electron chi connectivity index (χ1n) is 4.59. The number of carbonyl (C=O) groups excluding carboxylic acids is 1. The lowest BCUT2D eigenvalue weighted by atomic mass is 10.2. The van der Waals surface area contributed by atoms with Crippen molar-refractivity contribution < 1.29 is 22.7 Å². The van der Waals surface area contributed by atoms with Gasteiger partial charge in [0.2, 0.25) is 0 Å². The second-order valence-corrected chi connectivity index (χ2v) is 3.22. The number of fused-ring (bicyclic) bond motifs is 1. The molecule has 0 aliphatic carbocycles. The molecule has 2 rings (SSSR count). The van der Waals surface area contributed by atoms with Crippen LogP contribution in [0.3, 0.4) is 0 Å². The number of rotatable bonds is 2. The Balaban J connectivity index is 2.75. The van der Waals surface area contributed by atoms with Gasteiger partial charge in [0.25, 0.3) is 0 Å². The molecule has 0 amide bonds. The van der Waals surface area contributed by atoms with Gasteiger partial charge in [0.15, 0.2) is 5.69 Å². The van der Waals surface area contributed by atoms with Crippen molar-refractivity contribution in [2.45, 2.75) is 6.55 Å². The van der Waals surface area contributed by atoms with Gasteiger partial charge in [-0.15, -0.1) is 0 Å².